The number of nitrogens with zero attached hydrogens (tertiary/aromatic N) is 1. The summed E-state index contributed by atoms with van der Waals surface area (Å²) < 4.78 is 11.3. The van der Waals surface area contributed by atoms with E-state index in [0.29, 0.717) is 11.5 Å². The molecule has 5 heteroatoms. The van der Waals surface area contributed by atoms with E-state index in [0.717, 1.165) is 10.0 Å². The first-order chi connectivity index (χ1) is 9.32. The largest absolute Gasteiger partial charge is 0.454 e. The van der Waals surface area contributed by atoms with Crippen molar-refractivity contribution in [1.82, 2.24) is 0 Å². The minimum Gasteiger partial charge on any atom is -0.454 e. The second kappa shape index (κ2) is 5.29. The van der Waals surface area contributed by atoms with Crippen molar-refractivity contribution < 1.29 is 14.3 Å². The van der Waals surface area contributed by atoms with Crippen LogP contribution in [-0.2, 0) is 4.79 Å². The molecule has 0 unspecified atom stereocenters. The summed E-state index contributed by atoms with van der Waals surface area (Å²) in [5.74, 6) is 1.06. The maximum atomic E-state index is 12.2. The molecule has 0 aliphatic carbocycles. The monoisotopic (exact) mass is 335 g/mol. The molecule has 0 amide bonds. The third-order valence-electron chi connectivity index (χ3n) is 2.81. The predicted octanol–water partition coefficient (Wildman–Crippen LogP) is 3.70. The third kappa shape index (κ3) is 2.86. The molecule has 0 atom stereocenters. The lowest BCUT2D eigenvalue weighted by Crippen LogP contribution is -2.21. The molecular weight excluding hydrogens is 322 g/mol. The van der Waals surface area contributed by atoms with Crippen molar-refractivity contribution in [3.63, 3.8) is 0 Å². The molecule has 104 valence electrons. The predicted molar refractivity (Wildman–Crippen MR) is 78.3 cm³/mol. The lowest BCUT2D eigenvalue weighted by molar-refractivity contribution is -0.121. The Bertz CT molecular complexity index is 636. The zero-order valence-electron chi connectivity index (χ0n) is 11.5. The van der Waals surface area contributed by atoms with Crippen LogP contribution in [0.5, 0.6) is 11.5 Å². The van der Waals surface area contributed by atoms with Crippen LogP contribution in [0.3, 0.4) is 0 Å². The van der Waals surface area contributed by atoms with E-state index in [4.69, 9.17) is 9.47 Å². The highest BCUT2D eigenvalue weighted by Gasteiger charge is 2.25. The van der Waals surface area contributed by atoms with Crippen LogP contribution < -0.4 is 9.47 Å². The van der Waals surface area contributed by atoms with Crippen molar-refractivity contribution in [3.05, 3.63) is 27.7 Å². The van der Waals surface area contributed by atoms with Crippen molar-refractivity contribution in [2.24, 2.45) is 5.41 Å². The molecule has 1 aromatic rings. The van der Waals surface area contributed by atoms with Crippen LogP contribution in [0.2, 0.25) is 0 Å². The number of carbonyl (C=O) groups excluding carboxylic acids is 1. The molecule has 1 aromatic carbocycles. The number of carbonyl (C=O) groups is 1. The van der Waals surface area contributed by atoms with E-state index >= 15 is 0 Å². The average molecular weight is 336 g/mol. The van der Waals surface area contributed by atoms with Crippen molar-refractivity contribution >= 4 is 27.8 Å². The maximum absolute atomic E-state index is 12.2. The number of ketones is 1. The Balaban J connectivity index is 2.42. The molecule has 2 rings (SSSR count). The van der Waals surface area contributed by atoms with Gasteiger partial charge in [0.25, 0.3) is 0 Å². The molecule has 0 radical (unpaired) electrons. The van der Waals surface area contributed by atoms with Gasteiger partial charge in [-0.2, -0.15) is 5.26 Å². The van der Waals surface area contributed by atoms with Crippen LogP contribution >= 0.6 is 15.9 Å². The van der Waals surface area contributed by atoms with Gasteiger partial charge in [0.2, 0.25) is 6.79 Å². The van der Waals surface area contributed by atoms with Gasteiger partial charge in [0, 0.05) is 5.41 Å². The number of benzene rings is 1. The molecule has 1 heterocycles. The van der Waals surface area contributed by atoms with Gasteiger partial charge in [-0.1, -0.05) is 20.8 Å². The first-order valence-corrected chi connectivity index (χ1v) is 6.88. The number of nitriles is 1. The summed E-state index contributed by atoms with van der Waals surface area (Å²) in [5.41, 5.74) is 0.258. The van der Waals surface area contributed by atoms with Crippen LogP contribution in [0.25, 0.3) is 6.08 Å². The minimum atomic E-state index is -0.588. The summed E-state index contributed by atoms with van der Waals surface area (Å²) in [5, 5.41) is 9.18. The summed E-state index contributed by atoms with van der Waals surface area (Å²) in [6, 6.07) is 5.51. The number of rotatable bonds is 2. The van der Waals surface area contributed by atoms with E-state index in [1.54, 1.807) is 39.0 Å². The summed E-state index contributed by atoms with van der Waals surface area (Å²) >= 11 is 3.38. The van der Waals surface area contributed by atoms with E-state index in [1.807, 2.05) is 6.07 Å². The fraction of sp³-hybridized carbons (Fsp3) is 0.333. The van der Waals surface area contributed by atoms with Gasteiger partial charge >= 0.3 is 0 Å². The Morgan fingerprint density at radius 3 is 2.70 bits per heavy atom. The highest BCUT2D eigenvalue weighted by atomic mass is 79.9. The molecule has 1 aliphatic rings. The van der Waals surface area contributed by atoms with Crippen LogP contribution in [0, 0.1) is 16.7 Å². The number of halogens is 1. The van der Waals surface area contributed by atoms with Gasteiger partial charge in [-0.15, -0.1) is 0 Å². The van der Waals surface area contributed by atoms with Gasteiger partial charge in [-0.3, -0.25) is 4.79 Å². The van der Waals surface area contributed by atoms with E-state index < -0.39 is 5.41 Å². The molecular formula is C15H14BrNO3. The van der Waals surface area contributed by atoms with E-state index in [2.05, 4.69) is 15.9 Å². The quantitative estimate of drug-likeness (QED) is 0.610. The summed E-state index contributed by atoms with van der Waals surface area (Å²) in [6.45, 7) is 5.54. The van der Waals surface area contributed by atoms with Crippen molar-refractivity contribution in [2.75, 3.05) is 6.79 Å². The summed E-state index contributed by atoms with van der Waals surface area (Å²) in [4.78, 5) is 12.2. The Hall–Kier alpha value is -1.80. The van der Waals surface area contributed by atoms with Gasteiger partial charge < -0.3 is 9.47 Å². The molecule has 0 fully saturated rings. The number of hydrogen-bond donors (Lipinski definition) is 0. The smallest absolute Gasteiger partial charge is 0.231 e. The van der Waals surface area contributed by atoms with Crippen LogP contribution in [-0.4, -0.2) is 12.6 Å². The number of fused-ring (bicyclic) bond motifs is 1. The van der Waals surface area contributed by atoms with Crippen molar-refractivity contribution in [3.8, 4) is 17.6 Å². The fourth-order valence-electron chi connectivity index (χ4n) is 1.79. The molecule has 4 nitrogen and oxygen atoms in total. The standard InChI is InChI=1S/C15H14BrNO3/c1-15(2,3)14(18)10(7-17)4-9-5-11(16)13-12(6-9)19-8-20-13/h4-6H,8H2,1-3H3/b10-4+. The maximum Gasteiger partial charge on any atom is 0.231 e. The Kier molecular flexibility index (Phi) is 3.87. The zero-order valence-corrected chi connectivity index (χ0v) is 13.1. The normalized spacial score (nSPS) is 14.1. The van der Waals surface area contributed by atoms with Gasteiger partial charge in [0.15, 0.2) is 17.3 Å². The van der Waals surface area contributed by atoms with E-state index in [-0.39, 0.29) is 18.1 Å². The van der Waals surface area contributed by atoms with Crippen molar-refractivity contribution in [1.29, 1.82) is 5.26 Å². The topological polar surface area (TPSA) is 59.3 Å². The SMILES string of the molecule is CC(C)(C)C(=O)/C(C#N)=C/c1cc(Br)c2c(c1)OCO2. The zero-order chi connectivity index (χ0) is 14.9. The van der Waals surface area contributed by atoms with E-state index in [1.165, 1.54) is 0 Å². The Morgan fingerprint density at radius 2 is 2.10 bits per heavy atom. The molecule has 0 saturated heterocycles. The first-order valence-electron chi connectivity index (χ1n) is 6.08. The third-order valence-corrected chi connectivity index (χ3v) is 3.40. The molecule has 20 heavy (non-hydrogen) atoms. The van der Waals surface area contributed by atoms with Gasteiger partial charge in [0.1, 0.15) is 6.07 Å². The Labute approximate surface area is 126 Å². The summed E-state index contributed by atoms with van der Waals surface area (Å²) in [7, 11) is 0. The minimum absolute atomic E-state index is 0.128. The van der Waals surface area contributed by atoms with Gasteiger partial charge in [-0.05, 0) is 39.7 Å². The Morgan fingerprint density at radius 1 is 1.40 bits per heavy atom. The molecule has 1 aliphatic heterocycles. The van der Waals surface area contributed by atoms with Crippen LogP contribution in [0.1, 0.15) is 26.3 Å². The second-order valence-electron chi connectivity index (χ2n) is 5.49. The molecule has 0 bridgehead atoms. The molecule has 0 spiro atoms. The molecule has 0 N–H and O–H groups in total. The highest BCUT2D eigenvalue weighted by Crippen LogP contribution is 2.40. The lowest BCUT2D eigenvalue weighted by atomic mass is 9.86. The second-order valence-corrected chi connectivity index (χ2v) is 6.34. The van der Waals surface area contributed by atoms with Gasteiger partial charge in [0.05, 0.1) is 10.0 Å². The average Bonchev–Trinajstić information content (AvgIpc) is 2.82. The fourth-order valence-corrected chi connectivity index (χ4v) is 2.36. The lowest BCUT2D eigenvalue weighted by Gasteiger charge is -2.15. The van der Waals surface area contributed by atoms with E-state index in [9.17, 15) is 10.1 Å². The number of hydrogen-bond acceptors (Lipinski definition) is 4. The highest BCUT2D eigenvalue weighted by molar-refractivity contribution is 9.10. The molecule has 0 aromatic heterocycles. The van der Waals surface area contributed by atoms with Crippen molar-refractivity contribution in [2.45, 2.75) is 20.8 Å². The van der Waals surface area contributed by atoms with Crippen LogP contribution in [0.15, 0.2) is 22.2 Å². The molecule has 0 saturated carbocycles. The van der Waals surface area contributed by atoms with Crippen LogP contribution in [0.4, 0.5) is 0 Å². The summed E-state index contributed by atoms with van der Waals surface area (Å²) in [6.07, 6.45) is 1.57. The first kappa shape index (κ1) is 14.6. The number of ether oxygens (including phenoxy) is 2. The number of Topliss-reactive ketones (excluding diaryl/α,β-unsaturated/α-hetero) is 1. The number of allylic oxidation sites excluding steroid dienone is 1. The van der Waals surface area contributed by atoms with Gasteiger partial charge in [-0.25, -0.2) is 0 Å².